The highest BCUT2D eigenvalue weighted by Gasteiger charge is 2.12. The topological polar surface area (TPSA) is 43.1 Å². The molecule has 0 fully saturated rings. The van der Waals surface area contributed by atoms with Crippen molar-refractivity contribution in [3.63, 3.8) is 0 Å². The number of nitrogens with zero attached hydrogens (tertiary/aromatic N) is 4. The molecule has 4 rings (SSSR count). The van der Waals surface area contributed by atoms with Crippen LogP contribution in [0.1, 0.15) is 15.9 Å². The third-order valence-electron chi connectivity index (χ3n) is 4.78. The molecule has 5 heteroatoms. The van der Waals surface area contributed by atoms with Crippen molar-refractivity contribution in [1.29, 1.82) is 0 Å². The Morgan fingerprint density at radius 1 is 1.04 bits per heavy atom. The standard InChI is InChI=1S/C22H22N4O/c1-24(14-15-25-13-10-19-7-2-3-9-21(19)25)22(27)20-8-4-6-18(16-20)17-26-12-5-11-23-26/h2-13,16H,14-15,17H2,1H3. The summed E-state index contributed by atoms with van der Waals surface area (Å²) in [6, 6.07) is 20.1. The van der Waals surface area contributed by atoms with E-state index in [0.717, 1.165) is 12.1 Å². The fourth-order valence-electron chi connectivity index (χ4n) is 3.30. The lowest BCUT2D eigenvalue weighted by molar-refractivity contribution is 0.0790. The number of hydrogen-bond acceptors (Lipinski definition) is 2. The highest BCUT2D eigenvalue weighted by molar-refractivity contribution is 5.94. The van der Waals surface area contributed by atoms with Crippen LogP contribution in [0.15, 0.2) is 79.3 Å². The van der Waals surface area contributed by atoms with Crippen molar-refractivity contribution in [2.75, 3.05) is 13.6 Å². The second kappa shape index (κ2) is 7.50. The van der Waals surface area contributed by atoms with Crippen LogP contribution in [0, 0.1) is 0 Å². The fourth-order valence-corrected chi connectivity index (χ4v) is 3.30. The van der Waals surface area contributed by atoms with Crippen LogP contribution in [-0.2, 0) is 13.1 Å². The Labute approximate surface area is 158 Å². The third-order valence-corrected chi connectivity index (χ3v) is 4.78. The molecule has 0 aliphatic heterocycles. The predicted molar refractivity (Wildman–Crippen MR) is 107 cm³/mol. The minimum absolute atomic E-state index is 0.0359. The molecule has 0 saturated heterocycles. The van der Waals surface area contributed by atoms with Crippen molar-refractivity contribution in [3.05, 3.63) is 90.4 Å². The first-order valence-electron chi connectivity index (χ1n) is 9.06. The number of fused-ring (bicyclic) bond motifs is 1. The van der Waals surface area contributed by atoms with Gasteiger partial charge in [-0.15, -0.1) is 0 Å². The number of benzene rings is 2. The molecule has 5 nitrogen and oxygen atoms in total. The molecule has 2 aromatic carbocycles. The second-order valence-corrected chi connectivity index (χ2v) is 6.70. The maximum atomic E-state index is 12.8. The first-order valence-corrected chi connectivity index (χ1v) is 9.06. The zero-order valence-electron chi connectivity index (χ0n) is 15.3. The van der Waals surface area contributed by atoms with Crippen LogP contribution in [0.25, 0.3) is 10.9 Å². The number of aromatic nitrogens is 3. The largest absolute Gasteiger partial charge is 0.346 e. The van der Waals surface area contributed by atoms with Gasteiger partial charge >= 0.3 is 0 Å². The van der Waals surface area contributed by atoms with Gasteiger partial charge in [-0.3, -0.25) is 9.48 Å². The molecule has 0 unspecified atom stereocenters. The van der Waals surface area contributed by atoms with E-state index in [2.05, 4.69) is 34.1 Å². The number of hydrogen-bond donors (Lipinski definition) is 0. The average molecular weight is 358 g/mol. The van der Waals surface area contributed by atoms with Crippen LogP contribution in [0.3, 0.4) is 0 Å². The maximum absolute atomic E-state index is 12.8. The molecule has 0 saturated carbocycles. The van der Waals surface area contributed by atoms with E-state index in [4.69, 9.17) is 0 Å². The van der Waals surface area contributed by atoms with E-state index in [1.165, 1.54) is 10.9 Å². The summed E-state index contributed by atoms with van der Waals surface area (Å²) in [6.45, 7) is 2.08. The Morgan fingerprint density at radius 3 is 2.78 bits per heavy atom. The van der Waals surface area contributed by atoms with Crippen molar-refractivity contribution < 1.29 is 4.79 Å². The Kier molecular flexibility index (Phi) is 4.75. The quantitative estimate of drug-likeness (QED) is 0.528. The molecule has 0 aliphatic carbocycles. The summed E-state index contributed by atoms with van der Waals surface area (Å²) < 4.78 is 4.04. The normalized spacial score (nSPS) is 11.0. The number of carbonyl (C=O) groups is 1. The summed E-state index contributed by atoms with van der Waals surface area (Å²) >= 11 is 0. The van der Waals surface area contributed by atoms with Crippen molar-refractivity contribution in [2.24, 2.45) is 0 Å². The molecule has 4 aromatic rings. The summed E-state index contributed by atoms with van der Waals surface area (Å²) in [5.41, 5.74) is 2.97. The van der Waals surface area contributed by atoms with E-state index < -0.39 is 0 Å². The Bertz CT molecular complexity index is 1050. The molecule has 0 aliphatic rings. The average Bonchev–Trinajstić information content (AvgIpc) is 3.35. The second-order valence-electron chi connectivity index (χ2n) is 6.70. The van der Waals surface area contributed by atoms with Crippen LogP contribution < -0.4 is 0 Å². The molecular formula is C22H22N4O. The van der Waals surface area contributed by atoms with Gasteiger partial charge in [0.15, 0.2) is 0 Å². The van der Waals surface area contributed by atoms with E-state index >= 15 is 0 Å². The zero-order valence-corrected chi connectivity index (χ0v) is 15.3. The van der Waals surface area contributed by atoms with Crippen molar-refractivity contribution in [3.8, 4) is 0 Å². The summed E-state index contributed by atoms with van der Waals surface area (Å²) in [7, 11) is 1.86. The van der Waals surface area contributed by atoms with Gasteiger partial charge in [-0.25, -0.2) is 0 Å². The molecular weight excluding hydrogens is 336 g/mol. The third kappa shape index (κ3) is 3.77. The smallest absolute Gasteiger partial charge is 0.253 e. The Morgan fingerprint density at radius 2 is 1.93 bits per heavy atom. The van der Waals surface area contributed by atoms with Crippen molar-refractivity contribution in [2.45, 2.75) is 13.1 Å². The number of carbonyl (C=O) groups excluding carboxylic acids is 1. The fraction of sp³-hybridized carbons (Fsp3) is 0.182. The van der Waals surface area contributed by atoms with Crippen LogP contribution in [0.5, 0.6) is 0 Å². The van der Waals surface area contributed by atoms with Gasteiger partial charge in [0.25, 0.3) is 5.91 Å². The van der Waals surface area contributed by atoms with Crippen LogP contribution in [-0.4, -0.2) is 38.7 Å². The summed E-state index contributed by atoms with van der Waals surface area (Å²) in [4.78, 5) is 14.6. The van der Waals surface area contributed by atoms with Crippen LogP contribution >= 0.6 is 0 Å². The van der Waals surface area contributed by atoms with E-state index in [1.807, 2.05) is 60.4 Å². The van der Waals surface area contributed by atoms with Gasteiger partial charge in [-0.1, -0.05) is 30.3 Å². The molecule has 0 bridgehead atoms. The van der Waals surface area contributed by atoms with E-state index in [0.29, 0.717) is 18.7 Å². The lowest BCUT2D eigenvalue weighted by Crippen LogP contribution is -2.30. The van der Waals surface area contributed by atoms with E-state index in [1.54, 1.807) is 11.1 Å². The van der Waals surface area contributed by atoms with Gasteiger partial charge in [0.2, 0.25) is 0 Å². The lowest BCUT2D eigenvalue weighted by atomic mass is 10.1. The summed E-state index contributed by atoms with van der Waals surface area (Å²) in [5, 5.41) is 5.44. The van der Waals surface area contributed by atoms with Crippen molar-refractivity contribution in [1.82, 2.24) is 19.2 Å². The molecule has 0 atom stereocenters. The Hall–Kier alpha value is -3.34. The number of rotatable bonds is 6. The predicted octanol–water partition coefficient (Wildman–Crippen LogP) is 3.66. The molecule has 0 radical (unpaired) electrons. The Balaban J connectivity index is 1.43. The zero-order chi connectivity index (χ0) is 18.6. The van der Waals surface area contributed by atoms with E-state index in [-0.39, 0.29) is 5.91 Å². The molecule has 2 heterocycles. The monoisotopic (exact) mass is 358 g/mol. The molecule has 27 heavy (non-hydrogen) atoms. The molecule has 0 spiro atoms. The van der Waals surface area contributed by atoms with Gasteiger partial charge in [-0.2, -0.15) is 5.10 Å². The number of amides is 1. The number of likely N-dealkylation sites (N-methyl/N-ethyl adjacent to an activating group) is 1. The van der Waals surface area contributed by atoms with Gasteiger partial charge in [0.05, 0.1) is 6.54 Å². The highest BCUT2D eigenvalue weighted by Crippen LogP contribution is 2.15. The number of para-hydroxylation sites is 1. The van der Waals surface area contributed by atoms with Crippen molar-refractivity contribution >= 4 is 16.8 Å². The van der Waals surface area contributed by atoms with Gasteiger partial charge < -0.3 is 9.47 Å². The molecule has 136 valence electrons. The lowest BCUT2D eigenvalue weighted by Gasteiger charge is -2.18. The first-order chi connectivity index (χ1) is 13.2. The van der Waals surface area contributed by atoms with Crippen LogP contribution in [0.2, 0.25) is 0 Å². The van der Waals surface area contributed by atoms with E-state index in [9.17, 15) is 4.79 Å². The minimum atomic E-state index is 0.0359. The van der Waals surface area contributed by atoms with Gasteiger partial charge in [0.1, 0.15) is 0 Å². The maximum Gasteiger partial charge on any atom is 0.253 e. The van der Waals surface area contributed by atoms with Crippen LogP contribution in [0.4, 0.5) is 0 Å². The summed E-state index contributed by atoms with van der Waals surface area (Å²) in [6.07, 6.45) is 5.75. The molecule has 1 amide bonds. The van der Waals surface area contributed by atoms with Gasteiger partial charge in [0, 0.05) is 49.8 Å². The minimum Gasteiger partial charge on any atom is -0.346 e. The highest BCUT2D eigenvalue weighted by atomic mass is 16.2. The SMILES string of the molecule is CN(CCn1ccc2ccccc21)C(=O)c1cccc(Cn2cccn2)c1. The van der Waals surface area contributed by atoms with Gasteiger partial charge in [-0.05, 0) is 41.3 Å². The summed E-state index contributed by atoms with van der Waals surface area (Å²) in [5.74, 6) is 0.0359. The molecule has 0 N–H and O–H groups in total. The molecule has 2 aromatic heterocycles. The first kappa shape index (κ1) is 17.1.